The molecule has 5 nitrogen and oxygen atoms in total. The van der Waals surface area contributed by atoms with Crippen LogP contribution in [0.15, 0.2) is 42.7 Å². The zero-order valence-corrected chi connectivity index (χ0v) is 15.5. The Morgan fingerprint density at radius 3 is 2.52 bits per heavy atom. The number of rotatable bonds is 4. The van der Waals surface area contributed by atoms with Gasteiger partial charge in [0.2, 0.25) is 0 Å². The third-order valence-corrected chi connectivity index (χ3v) is 5.51. The van der Waals surface area contributed by atoms with E-state index in [0.29, 0.717) is 0 Å². The molecule has 3 rings (SSSR count). The Bertz CT molecular complexity index is 873. The van der Waals surface area contributed by atoms with Crippen LogP contribution in [0.1, 0.15) is 39.4 Å². The number of fused-ring (bicyclic) bond motifs is 1. The van der Waals surface area contributed by atoms with Gasteiger partial charge in [-0.2, -0.15) is 5.10 Å². The molecule has 0 unspecified atom stereocenters. The van der Waals surface area contributed by atoms with Gasteiger partial charge in [0.15, 0.2) is 0 Å². The summed E-state index contributed by atoms with van der Waals surface area (Å²) in [5.74, 6) is -0.285. The first-order valence-corrected chi connectivity index (χ1v) is 9.18. The summed E-state index contributed by atoms with van der Waals surface area (Å²) in [7, 11) is 0. The van der Waals surface area contributed by atoms with Crippen molar-refractivity contribution in [3.63, 3.8) is 0 Å². The average molecular weight is 360 g/mol. The zero-order valence-electron chi connectivity index (χ0n) is 14.7. The molecular weight excluding hydrogens is 339 g/mol. The van der Waals surface area contributed by atoms with E-state index in [-0.39, 0.29) is 16.6 Å². The monoisotopic (exact) mass is 360 g/mol. The largest absolute Gasteiger partial charge is 0.598 e. The van der Waals surface area contributed by atoms with Crippen LogP contribution in [0.4, 0.5) is 4.39 Å². The molecule has 3 aromatic rings. The molecule has 0 aliphatic rings. The first-order chi connectivity index (χ1) is 11.8. The summed E-state index contributed by atoms with van der Waals surface area (Å²) in [6.07, 6.45) is 3.48. The van der Waals surface area contributed by atoms with Crippen molar-refractivity contribution in [2.75, 3.05) is 0 Å². The molecule has 0 aliphatic carbocycles. The van der Waals surface area contributed by atoms with Crippen LogP contribution in [-0.2, 0) is 11.4 Å². The van der Waals surface area contributed by atoms with Crippen LogP contribution in [0, 0.1) is 5.82 Å². The lowest BCUT2D eigenvalue weighted by Crippen LogP contribution is -2.40. The zero-order chi connectivity index (χ0) is 18.2. The van der Waals surface area contributed by atoms with Gasteiger partial charge in [0.1, 0.15) is 10.6 Å². The summed E-state index contributed by atoms with van der Waals surface area (Å²) < 4.78 is 29.8. The molecule has 1 N–H and O–H groups in total. The second-order valence-electron chi connectivity index (χ2n) is 6.92. The first kappa shape index (κ1) is 17.8. The summed E-state index contributed by atoms with van der Waals surface area (Å²) in [6, 6.07) is 7.92. The molecular formula is C18H21FN4OS. The van der Waals surface area contributed by atoms with Crippen LogP contribution in [-0.4, -0.2) is 24.1 Å². The Morgan fingerprint density at radius 1 is 1.20 bits per heavy atom. The first-order valence-electron chi connectivity index (χ1n) is 8.03. The van der Waals surface area contributed by atoms with Gasteiger partial charge in [0, 0.05) is 16.7 Å². The lowest BCUT2D eigenvalue weighted by Gasteiger charge is -2.26. The fraction of sp³-hybridized carbons (Fsp3) is 0.333. The fourth-order valence-corrected chi connectivity index (χ4v) is 3.16. The van der Waals surface area contributed by atoms with Crippen LogP contribution in [0.5, 0.6) is 0 Å². The topological polar surface area (TPSA) is 65.8 Å². The van der Waals surface area contributed by atoms with Gasteiger partial charge in [-0.05, 0) is 58.0 Å². The minimum absolute atomic E-state index is 0.154. The number of benzene rings is 1. The lowest BCUT2D eigenvalue weighted by molar-refractivity contribution is 0.529. The molecule has 0 saturated heterocycles. The smallest absolute Gasteiger partial charge is 0.136 e. The van der Waals surface area contributed by atoms with Crippen LogP contribution < -0.4 is 4.72 Å². The predicted octanol–water partition coefficient (Wildman–Crippen LogP) is 3.67. The maximum atomic E-state index is 13.1. The van der Waals surface area contributed by atoms with Crippen molar-refractivity contribution in [1.82, 2.24) is 19.5 Å². The molecule has 0 aliphatic heterocycles. The molecule has 2 atom stereocenters. The van der Waals surface area contributed by atoms with Crippen molar-refractivity contribution in [3.8, 4) is 5.69 Å². The van der Waals surface area contributed by atoms with E-state index >= 15 is 0 Å². The quantitative estimate of drug-likeness (QED) is 0.721. The van der Waals surface area contributed by atoms with Gasteiger partial charge in [-0.15, -0.1) is 4.72 Å². The SMILES string of the molecule is C[C@@H](N[S@+]([O-])C(C)(C)C)c1cc2cnn(-c3ccc(F)cc3)c2cn1. The van der Waals surface area contributed by atoms with Crippen LogP contribution in [0.25, 0.3) is 16.6 Å². The molecule has 0 amide bonds. The molecule has 2 aromatic heterocycles. The summed E-state index contributed by atoms with van der Waals surface area (Å²) in [5.41, 5.74) is 2.40. The standard InChI is InChI=1S/C18H21FN4OS/c1-12(22-25(24)18(2,3)4)16-9-13-10-21-23(17(13)11-20-16)15-7-5-14(19)6-8-15/h5-12,22H,1-4H3/t12-,25-/m1/s1. The Hall–Kier alpha value is -1.96. The third kappa shape index (κ3) is 3.84. The van der Waals surface area contributed by atoms with E-state index in [0.717, 1.165) is 22.3 Å². The highest BCUT2D eigenvalue weighted by Gasteiger charge is 2.28. The maximum absolute atomic E-state index is 13.1. The maximum Gasteiger partial charge on any atom is 0.136 e. The van der Waals surface area contributed by atoms with Crippen molar-refractivity contribution < 1.29 is 8.94 Å². The number of hydrogen-bond donors (Lipinski definition) is 1. The molecule has 2 heterocycles. The van der Waals surface area contributed by atoms with Gasteiger partial charge in [-0.25, -0.2) is 9.07 Å². The highest BCUT2D eigenvalue weighted by atomic mass is 32.2. The third-order valence-electron chi connectivity index (χ3n) is 3.83. The molecule has 0 fully saturated rings. The number of aromatic nitrogens is 3. The Morgan fingerprint density at radius 2 is 1.88 bits per heavy atom. The molecule has 25 heavy (non-hydrogen) atoms. The van der Waals surface area contributed by atoms with E-state index in [1.807, 2.05) is 33.8 Å². The van der Waals surface area contributed by atoms with E-state index in [2.05, 4.69) is 14.8 Å². The summed E-state index contributed by atoms with van der Waals surface area (Å²) >= 11 is -1.17. The van der Waals surface area contributed by atoms with E-state index in [1.54, 1.807) is 29.2 Å². The second-order valence-corrected chi connectivity index (χ2v) is 8.92. The predicted molar refractivity (Wildman–Crippen MR) is 98.3 cm³/mol. The molecule has 0 saturated carbocycles. The molecule has 0 radical (unpaired) electrons. The number of hydrogen-bond acceptors (Lipinski definition) is 4. The van der Waals surface area contributed by atoms with E-state index < -0.39 is 11.4 Å². The Balaban J connectivity index is 1.88. The van der Waals surface area contributed by atoms with Crippen molar-refractivity contribution in [2.24, 2.45) is 0 Å². The van der Waals surface area contributed by atoms with Gasteiger partial charge in [0.05, 0.1) is 35.3 Å². The minimum atomic E-state index is -1.17. The molecule has 132 valence electrons. The Labute approximate surface area is 149 Å². The van der Waals surface area contributed by atoms with Gasteiger partial charge in [-0.3, -0.25) is 4.98 Å². The van der Waals surface area contributed by atoms with Crippen molar-refractivity contribution in [3.05, 3.63) is 54.2 Å². The highest BCUT2D eigenvalue weighted by molar-refractivity contribution is 7.90. The van der Waals surface area contributed by atoms with Crippen molar-refractivity contribution in [2.45, 2.75) is 38.5 Å². The van der Waals surface area contributed by atoms with Crippen LogP contribution >= 0.6 is 0 Å². The molecule has 0 bridgehead atoms. The molecule has 1 aromatic carbocycles. The van der Waals surface area contributed by atoms with Crippen LogP contribution in [0.2, 0.25) is 0 Å². The van der Waals surface area contributed by atoms with Gasteiger partial charge >= 0.3 is 0 Å². The molecule has 0 spiro atoms. The minimum Gasteiger partial charge on any atom is -0.598 e. The molecule has 7 heteroatoms. The van der Waals surface area contributed by atoms with Gasteiger partial charge < -0.3 is 4.55 Å². The lowest BCUT2D eigenvalue weighted by atomic mass is 10.2. The Kier molecular flexibility index (Phi) is 4.81. The summed E-state index contributed by atoms with van der Waals surface area (Å²) in [6.45, 7) is 7.70. The fourth-order valence-electron chi connectivity index (χ4n) is 2.37. The van der Waals surface area contributed by atoms with Gasteiger partial charge in [-0.1, -0.05) is 0 Å². The summed E-state index contributed by atoms with van der Waals surface area (Å²) in [5, 5.41) is 5.29. The highest BCUT2D eigenvalue weighted by Crippen LogP contribution is 2.23. The van der Waals surface area contributed by atoms with E-state index in [4.69, 9.17) is 0 Å². The van der Waals surface area contributed by atoms with E-state index in [1.165, 1.54) is 12.1 Å². The normalized spacial score (nSPS) is 14.6. The number of nitrogens with zero attached hydrogens (tertiary/aromatic N) is 3. The van der Waals surface area contributed by atoms with Gasteiger partial charge in [0.25, 0.3) is 0 Å². The van der Waals surface area contributed by atoms with Crippen molar-refractivity contribution in [1.29, 1.82) is 0 Å². The number of nitrogens with one attached hydrogen (secondary N) is 1. The average Bonchev–Trinajstić information content (AvgIpc) is 2.97. The number of pyridine rings is 1. The van der Waals surface area contributed by atoms with Crippen LogP contribution in [0.3, 0.4) is 0 Å². The van der Waals surface area contributed by atoms with Crippen molar-refractivity contribution >= 4 is 22.3 Å². The summed E-state index contributed by atoms with van der Waals surface area (Å²) in [4.78, 5) is 4.49. The number of halogens is 1. The van der Waals surface area contributed by atoms with E-state index in [9.17, 15) is 8.94 Å². The second kappa shape index (κ2) is 6.74.